The van der Waals surface area contributed by atoms with E-state index in [0.717, 1.165) is 24.8 Å². The van der Waals surface area contributed by atoms with E-state index in [1.165, 1.54) is 5.56 Å². The van der Waals surface area contributed by atoms with Crippen molar-refractivity contribution in [3.8, 4) is 0 Å². The molecule has 1 N–H and O–H groups in total. The molecule has 2 atom stereocenters. The monoisotopic (exact) mass is 232 g/mol. The molecule has 2 unspecified atom stereocenters. The zero-order chi connectivity index (χ0) is 12.7. The third-order valence-electron chi connectivity index (χ3n) is 3.96. The predicted molar refractivity (Wildman–Crippen MR) is 72.1 cm³/mol. The summed E-state index contributed by atoms with van der Waals surface area (Å²) >= 11 is 0. The Labute approximate surface area is 105 Å². The van der Waals surface area contributed by atoms with E-state index in [2.05, 4.69) is 52.0 Å². The topological polar surface area (TPSA) is 20.2 Å². The molecule has 1 saturated carbocycles. The quantitative estimate of drug-likeness (QED) is 0.835. The molecule has 94 valence electrons. The molecule has 1 nitrogen and oxygen atoms in total. The molecule has 0 amide bonds. The van der Waals surface area contributed by atoms with E-state index in [4.69, 9.17) is 0 Å². The van der Waals surface area contributed by atoms with Crippen molar-refractivity contribution in [2.24, 2.45) is 5.92 Å². The molecule has 1 aliphatic rings. The summed E-state index contributed by atoms with van der Waals surface area (Å²) in [5.41, 5.74) is 2.10. The minimum Gasteiger partial charge on any atom is -0.385 e. The SMILES string of the molecule is CCCC1CC1(O)c1ccc(C(C)(C)C)cc1. The van der Waals surface area contributed by atoms with Crippen molar-refractivity contribution in [2.45, 2.75) is 58.0 Å². The van der Waals surface area contributed by atoms with Crippen LogP contribution < -0.4 is 0 Å². The summed E-state index contributed by atoms with van der Waals surface area (Å²) < 4.78 is 0. The molecular weight excluding hydrogens is 208 g/mol. The fourth-order valence-corrected chi connectivity index (χ4v) is 2.62. The average Bonchev–Trinajstić information content (AvgIpc) is 2.91. The van der Waals surface area contributed by atoms with Crippen LogP contribution in [0.5, 0.6) is 0 Å². The maximum Gasteiger partial charge on any atom is 0.0929 e. The van der Waals surface area contributed by atoms with E-state index in [9.17, 15) is 5.11 Å². The van der Waals surface area contributed by atoms with Crippen molar-refractivity contribution in [1.29, 1.82) is 0 Å². The van der Waals surface area contributed by atoms with Gasteiger partial charge in [0.15, 0.2) is 0 Å². The maximum absolute atomic E-state index is 10.5. The highest BCUT2D eigenvalue weighted by atomic mass is 16.3. The highest BCUT2D eigenvalue weighted by molar-refractivity contribution is 5.34. The van der Waals surface area contributed by atoms with Crippen molar-refractivity contribution in [1.82, 2.24) is 0 Å². The Morgan fingerprint density at radius 2 is 1.82 bits per heavy atom. The summed E-state index contributed by atoms with van der Waals surface area (Å²) in [7, 11) is 0. The fourth-order valence-electron chi connectivity index (χ4n) is 2.62. The molecule has 1 aliphatic carbocycles. The molecule has 1 fully saturated rings. The molecular formula is C16H24O. The summed E-state index contributed by atoms with van der Waals surface area (Å²) in [5, 5.41) is 10.5. The zero-order valence-electron chi connectivity index (χ0n) is 11.5. The molecule has 0 radical (unpaired) electrons. The maximum atomic E-state index is 10.5. The third-order valence-corrected chi connectivity index (χ3v) is 3.96. The van der Waals surface area contributed by atoms with Gasteiger partial charge in [0.2, 0.25) is 0 Å². The lowest BCUT2D eigenvalue weighted by molar-refractivity contribution is 0.129. The van der Waals surface area contributed by atoms with Gasteiger partial charge in [0, 0.05) is 0 Å². The molecule has 0 aliphatic heterocycles. The van der Waals surface area contributed by atoms with Gasteiger partial charge in [-0.25, -0.2) is 0 Å². The highest BCUT2D eigenvalue weighted by Gasteiger charge is 2.53. The van der Waals surface area contributed by atoms with Crippen molar-refractivity contribution in [2.75, 3.05) is 0 Å². The van der Waals surface area contributed by atoms with Crippen molar-refractivity contribution >= 4 is 0 Å². The van der Waals surface area contributed by atoms with Gasteiger partial charge in [-0.2, -0.15) is 0 Å². The lowest BCUT2D eigenvalue weighted by Gasteiger charge is -2.20. The Balaban J connectivity index is 2.15. The molecule has 1 aromatic rings. The van der Waals surface area contributed by atoms with Crippen molar-refractivity contribution in [3.63, 3.8) is 0 Å². The van der Waals surface area contributed by atoms with Gasteiger partial charge < -0.3 is 5.11 Å². The van der Waals surface area contributed by atoms with Crippen LogP contribution >= 0.6 is 0 Å². The van der Waals surface area contributed by atoms with Gasteiger partial charge in [-0.15, -0.1) is 0 Å². The largest absolute Gasteiger partial charge is 0.385 e. The minimum absolute atomic E-state index is 0.188. The Bertz CT molecular complexity index is 385. The number of hydrogen-bond acceptors (Lipinski definition) is 1. The van der Waals surface area contributed by atoms with E-state index in [1.54, 1.807) is 0 Å². The minimum atomic E-state index is -0.521. The molecule has 0 heterocycles. The molecule has 2 rings (SSSR count). The van der Waals surface area contributed by atoms with Crippen LogP contribution in [0.4, 0.5) is 0 Å². The van der Waals surface area contributed by atoms with Crippen molar-refractivity contribution in [3.05, 3.63) is 35.4 Å². The molecule has 0 bridgehead atoms. The van der Waals surface area contributed by atoms with E-state index >= 15 is 0 Å². The number of aliphatic hydroxyl groups is 1. The molecule has 0 spiro atoms. The van der Waals surface area contributed by atoms with E-state index in [0.29, 0.717) is 5.92 Å². The van der Waals surface area contributed by atoms with Gasteiger partial charge in [-0.05, 0) is 35.3 Å². The number of hydrogen-bond donors (Lipinski definition) is 1. The normalized spacial score (nSPS) is 28.2. The summed E-state index contributed by atoms with van der Waals surface area (Å²) in [6, 6.07) is 8.54. The third kappa shape index (κ3) is 2.40. The van der Waals surface area contributed by atoms with Crippen LogP contribution in [0.3, 0.4) is 0 Å². The van der Waals surface area contributed by atoms with Crippen LogP contribution in [-0.4, -0.2) is 5.11 Å². The Morgan fingerprint density at radius 1 is 1.24 bits per heavy atom. The van der Waals surface area contributed by atoms with Gasteiger partial charge in [0.05, 0.1) is 5.60 Å². The van der Waals surface area contributed by atoms with Crippen LogP contribution in [-0.2, 0) is 11.0 Å². The summed E-state index contributed by atoms with van der Waals surface area (Å²) in [6.45, 7) is 8.83. The Hall–Kier alpha value is -0.820. The smallest absolute Gasteiger partial charge is 0.0929 e. The first-order valence-electron chi connectivity index (χ1n) is 6.71. The predicted octanol–water partition coefficient (Wildman–Crippen LogP) is 3.99. The Kier molecular flexibility index (Phi) is 3.07. The summed E-state index contributed by atoms with van der Waals surface area (Å²) in [4.78, 5) is 0. The van der Waals surface area contributed by atoms with Gasteiger partial charge in [0.1, 0.15) is 0 Å². The molecule has 1 heteroatoms. The van der Waals surface area contributed by atoms with Crippen LogP contribution in [0.15, 0.2) is 24.3 Å². The second kappa shape index (κ2) is 4.13. The molecule has 0 aromatic heterocycles. The van der Waals surface area contributed by atoms with E-state index in [1.807, 2.05) is 0 Å². The van der Waals surface area contributed by atoms with Crippen LogP contribution in [0.2, 0.25) is 0 Å². The second-order valence-electron chi connectivity index (χ2n) is 6.44. The molecule has 1 aromatic carbocycles. The highest BCUT2D eigenvalue weighted by Crippen LogP contribution is 2.54. The first-order valence-corrected chi connectivity index (χ1v) is 6.71. The standard InChI is InChI=1S/C16H24O/c1-5-6-14-11-16(14,17)13-9-7-12(8-10-13)15(2,3)4/h7-10,14,17H,5-6,11H2,1-4H3. The lowest BCUT2D eigenvalue weighted by Crippen LogP contribution is -2.13. The molecule has 17 heavy (non-hydrogen) atoms. The van der Waals surface area contributed by atoms with Gasteiger partial charge in [0.25, 0.3) is 0 Å². The van der Waals surface area contributed by atoms with E-state index in [-0.39, 0.29) is 5.41 Å². The van der Waals surface area contributed by atoms with E-state index < -0.39 is 5.60 Å². The Morgan fingerprint density at radius 3 is 2.29 bits per heavy atom. The lowest BCUT2D eigenvalue weighted by atomic mass is 9.86. The second-order valence-corrected chi connectivity index (χ2v) is 6.44. The number of rotatable bonds is 3. The van der Waals surface area contributed by atoms with Crippen LogP contribution in [0.1, 0.15) is 58.1 Å². The average molecular weight is 232 g/mol. The molecule has 0 saturated heterocycles. The number of benzene rings is 1. The van der Waals surface area contributed by atoms with Gasteiger partial charge in [-0.1, -0.05) is 58.4 Å². The van der Waals surface area contributed by atoms with Gasteiger partial charge >= 0.3 is 0 Å². The summed E-state index contributed by atoms with van der Waals surface area (Å²) in [6.07, 6.45) is 3.24. The fraction of sp³-hybridized carbons (Fsp3) is 0.625. The van der Waals surface area contributed by atoms with Gasteiger partial charge in [-0.3, -0.25) is 0 Å². The summed E-state index contributed by atoms with van der Waals surface area (Å²) in [5.74, 6) is 0.480. The van der Waals surface area contributed by atoms with Crippen molar-refractivity contribution < 1.29 is 5.11 Å². The zero-order valence-corrected chi connectivity index (χ0v) is 11.5. The first-order chi connectivity index (χ1) is 7.88. The van der Waals surface area contributed by atoms with Crippen LogP contribution in [0.25, 0.3) is 0 Å². The first kappa shape index (κ1) is 12.6. The van der Waals surface area contributed by atoms with Crippen LogP contribution in [0, 0.1) is 5.92 Å².